The first-order valence-electron chi connectivity index (χ1n) is 2.79. The van der Waals surface area contributed by atoms with Gasteiger partial charge in [-0.15, -0.1) is 12.4 Å². The molecule has 0 aliphatic carbocycles. The van der Waals surface area contributed by atoms with E-state index in [1.54, 1.807) is 0 Å². The number of nitrogens with one attached hydrogen (secondary N) is 1. The highest BCUT2D eigenvalue weighted by atomic mass is 35.5. The van der Waals surface area contributed by atoms with E-state index in [4.69, 9.17) is 4.74 Å². The van der Waals surface area contributed by atoms with E-state index in [1.807, 2.05) is 0 Å². The van der Waals surface area contributed by atoms with E-state index >= 15 is 0 Å². The van der Waals surface area contributed by atoms with Crippen LogP contribution in [0.4, 0.5) is 0 Å². The van der Waals surface area contributed by atoms with Crippen molar-refractivity contribution in [2.45, 2.75) is 6.10 Å². The Kier molecular flexibility index (Phi) is 1.75. The number of ether oxygens (including phenoxy) is 1. The summed E-state index contributed by atoms with van der Waals surface area (Å²) in [5.41, 5.74) is 0. The lowest BCUT2D eigenvalue weighted by molar-refractivity contribution is -0.0827. The van der Waals surface area contributed by atoms with Crippen LogP contribution >= 0.6 is 12.4 Å². The lowest BCUT2D eigenvalue weighted by atomic mass is 10.0. The van der Waals surface area contributed by atoms with Gasteiger partial charge < -0.3 is 10.1 Å². The molecule has 8 heavy (non-hydrogen) atoms. The van der Waals surface area contributed by atoms with Crippen molar-refractivity contribution in [3.63, 3.8) is 0 Å². The average Bonchev–Trinajstić information content (AvgIpc) is 1.85. The first kappa shape index (κ1) is 6.33. The van der Waals surface area contributed by atoms with E-state index in [2.05, 4.69) is 5.32 Å². The van der Waals surface area contributed by atoms with E-state index in [0.29, 0.717) is 6.10 Å². The largest absolute Gasteiger partial charge is 0.376 e. The molecule has 2 unspecified atom stereocenters. The second kappa shape index (κ2) is 2.21. The second-order valence-electron chi connectivity index (χ2n) is 2.29. The topological polar surface area (TPSA) is 21.3 Å². The average molecular weight is 136 g/mol. The van der Waals surface area contributed by atoms with Gasteiger partial charge in [-0.1, -0.05) is 0 Å². The molecule has 0 spiro atoms. The zero-order valence-electron chi connectivity index (χ0n) is 4.59. The molecule has 0 saturated carbocycles. The summed E-state index contributed by atoms with van der Waals surface area (Å²) in [6.45, 7) is 3.27. The minimum atomic E-state index is 0. The Hall–Kier alpha value is 0.210. The van der Waals surface area contributed by atoms with E-state index < -0.39 is 0 Å². The maximum absolute atomic E-state index is 5.19. The molecule has 0 aromatic rings. The Morgan fingerprint density at radius 3 is 2.50 bits per heavy atom. The quantitative estimate of drug-likeness (QED) is 0.506. The van der Waals surface area contributed by atoms with Crippen LogP contribution in [0.25, 0.3) is 0 Å². The number of halogens is 1. The Bertz CT molecular complexity index is 78.5. The molecule has 0 aromatic carbocycles. The van der Waals surface area contributed by atoms with Crippen LogP contribution in [0.15, 0.2) is 0 Å². The summed E-state index contributed by atoms with van der Waals surface area (Å²) in [7, 11) is 0. The Balaban J connectivity index is 0.000000320. The first-order chi connectivity index (χ1) is 3.47. The summed E-state index contributed by atoms with van der Waals surface area (Å²) >= 11 is 0. The molecule has 2 atom stereocenters. The fourth-order valence-corrected chi connectivity index (χ4v) is 1.20. The summed E-state index contributed by atoms with van der Waals surface area (Å²) in [5.74, 6) is 0.861. The van der Waals surface area contributed by atoms with E-state index in [-0.39, 0.29) is 12.4 Å². The van der Waals surface area contributed by atoms with Crippen molar-refractivity contribution in [1.29, 1.82) is 0 Å². The molecule has 2 aliphatic heterocycles. The molecule has 0 aromatic heterocycles. The van der Waals surface area contributed by atoms with E-state index in [9.17, 15) is 0 Å². The highest BCUT2D eigenvalue weighted by Crippen LogP contribution is 2.22. The van der Waals surface area contributed by atoms with Crippen molar-refractivity contribution in [3.8, 4) is 0 Å². The minimum Gasteiger partial charge on any atom is -0.376 e. The molecule has 0 radical (unpaired) electrons. The maximum Gasteiger partial charge on any atom is 0.0761 e. The van der Waals surface area contributed by atoms with Crippen LogP contribution in [0, 0.1) is 5.92 Å². The van der Waals surface area contributed by atoms with Gasteiger partial charge in [0.05, 0.1) is 12.7 Å². The summed E-state index contributed by atoms with van der Waals surface area (Å²) < 4.78 is 5.19. The third kappa shape index (κ3) is 0.729. The van der Waals surface area contributed by atoms with E-state index in [0.717, 1.165) is 19.1 Å². The Morgan fingerprint density at radius 2 is 2.25 bits per heavy atom. The first-order valence-corrected chi connectivity index (χ1v) is 2.79. The predicted molar refractivity (Wildman–Crippen MR) is 33.3 cm³/mol. The van der Waals surface area contributed by atoms with Crippen molar-refractivity contribution < 1.29 is 4.74 Å². The van der Waals surface area contributed by atoms with Gasteiger partial charge in [-0.2, -0.15) is 0 Å². The predicted octanol–water partition coefficient (Wildman–Crippen LogP) is 0.0264. The lowest BCUT2D eigenvalue weighted by Crippen LogP contribution is -2.37. The molecule has 0 amide bonds. The fraction of sp³-hybridized carbons (Fsp3) is 1.00. The molecule has 2 nitrogen and oxygen atoms in total. The normalized spacial score (nSPS) is 42.0. The molecule has 2 fully saturated rings. The molecule has 0 bridgehead atoms. The van der Waals surface area contributed by atoms with Gasteiger partial charge in [-0.05, 0) is 0 Å². The fourth-order valence-electron chi connectivity index (χ4n) is 1.20. The second-order valence-corrected chi connectivity index (χ2v) is 2.29. The molecule has 48 valence electrons. The van der Waals surface area contributed by atoms with Crippen molar-refractivity contribution in [1.82, 2.24) is 5.32 Å². The SMILES string of the molecule is C1NCC2OCC12.Cl. The molecular formula is C5H10ClNO. The zero-order chi connectivity index (χ0) is 4.69. The smallest absolute Gasteiger partial charge is 0.0761 e. The number of rotatable bonds is 0. The molecule has 2 rings (SSSR count). The Labute approximate surface area is 55.0 Å². The van der Waals surface area contributed by atoms with Crippen LogP contribution in [-0.4, -0.2) is 25.8 Å². The van der Waals surface area contributed by atoms with Crippen LogP contribution in [0.3, 0.4) is 0 Å². The van der Waals surface area contributed by atoms with Gasteiger partial charge in [-0.25, -0.2) is 0 Å². The van der Waals surface area contributed by atoms with Gasteiger partial charge in [-0.3, -0.25) is 0 Å². The minimum absolute atomic E-state index is 0. The van der Waals surface area contributed by atoms with Gasteiger partial charge in [0.15, 0.2) is 0 Å². The van der Waals surface area contributed by atoms with Crippen molar-refractivity contribution in [2.24, 2.45) is 5.92 Å². The van der Waals surface area contributed by atoms with Gasteiger partial charge in [0.25, 0.3) is 0 Å². The van der Waals surface area contributed by atoms with E-state index in [1.165, 1.54) is 6.54 Å². The van der Waals surface area contributed by atoms with Crippen LogP contribution < -0.4 is 5.32 Å². The van der Waals surface area contributed by atoms with Gasteiger partial charge in [0.2, 0.25) is 0 Å². The molecule has 2 saturated heterocycles. The van der Waals surface area contributed by atoms with Crippen molar-refractivity contribution in [3.05, 3.63) is 0 Å². The van der Waals surface area contributed by atoms with Crippen LogP contribution in [-0.2, 0) is 4.74 Å². The molecule has 3 heteroatoms. The van der Waals surface area contributed by atoms with Gasteiger partial charge >= 0.3 is 0 Å². The number of hydrogen-bond acceptors (Lipinski definition) is 2. The summed E-state index contributed by atoms with van der Waals surface area (Å²) in [4.78, 5) is 0. The highest BCUT2D eigenvalue weighted by molar-refractivity contribution is 5.85. The van der Waals surface area contributed by atoms with Crippen molar-refractivity contribution in [2.75, 3.05) is 19.7 Å². The molecular weight excluding hydrogens is 126 g/mol. The molecule has 2 aliphatic rings. The third-order valence-electron chi connectivity index (χ3n) is 1.80. The van der Waals surface area contributed by atoms with Gasteiger partial charge in [0.1, 0.15) is 0 Å². The van der Waals surface area contributed by atoms with Crippen LogP contribution in [0.1, 0.15) is 0 Å². The number of hydrogen-bond donors (Lipinski definition) is 1. The molecule has 2 heterocycles. The third-order valence-corrected chi connectivity index (χ3v) is 1.80. The maximum atomic E-state index is 5.19. The van der Waals surface area contributed by atoms with Crippen molar-refractivity contribution >= 4 is 12.4 Å². The van der Waals surface area contributed by atoms with Crippen LogP contribution in [0.2, 0.25) is 0 Å². The summed E-state index contributed by atoms with van der Waals surface area (Å²) in [6.07, 6.45) is 0.583. The van der Waals surface area contributed by atoms with Crippen LogP contribution in [0.5, 0.6) is 0 Å². The number of fused-ring (bicyclic) bond motifs is 1. The summed E-state index contributed by atoms with van der Waals surface area (Å²) in [6, 6.07) is 0. The van der Waals surface area contributed by atoms with Gasteiger partial charge in [0, 0.05) is 19.0 Å². The molecule has 1 N–H and O–H groups in total. The monoisotopic (exact) mass is 135 g/mol. The zero-order valence-corrected chi connectivity index (χ0v) is 5.41. The highest BCUT2D eigenvalue weighted by Gasteiger charge is 2.35. The lowest BCUT2D eigenvalue weighted by Gasteiger charge is -2.29. The summed E-state index contributed by atoms with van der Waals surface area (Å²) in [5, 5.41) is 3.26. The standard InChI is InChI=1S/C5H9NO.ClH/c1-4-3-7-5(4)2-6-1;/h4-6H,1-3H2;1H. The Morgan fingerprint density at radius 1 is 1.38 bits per heavy atom.